The maximum Gasteiger partial charge on any atom is 0.252 e. The first-order valence-corrected chi connectivity index (χ1v) is 8.98. The molecule has 4 fully saturated rings. The van der Waals surface area contributed by atoms with Crippen LogP contribution in [0.15, 0.2) is 0 Å². The molecule has 6 heteroatoms. The Morgan fingerprint density at radius 1 is 1.09 bits per heavy atom. The summed E-state index contributed by atoms with van der Waals surface area (Å²) in [4.78, 5) is 32.6. The molecule has 4 rings (SSSR count). The SMILES string of the molecule is CC1CC(C(=O)N2C[C@@H]3[C@H](C2)OC[C@@H]3C(=O)N2CCCCO2)C1. The Kier molecular flexibility index (Phi) is 4.05. The van der Waals surface area contributed by atoms with Gasteiger partial charge in [-0.2, -0.15) is 0 Å². The standard InChI is InChI=1S/C17H26N2O4/c1-11-6-12(7-11)16(20)18-8-13-14(10-22-15(13)9-18)17(21)19-4-2-3-5-23-19/h11-15H,2-10H2,1H3/t11?,12?,13-,14-,15-/m0/s1. The number of carbonyl (C=O) groups is 2. The zero-order valence-corrected chi connectivity index (χ0v) is 13.8. The van der Waals surface area contributed by atoms with Gasteiger partial charge in [-0.05, 0) is 31.6 Å². The molecular formula is C17H26N2O4. The Balaban J connectivity index is 1.37. The quantitative estimate of drug-likeness (QED) is 0.763. The molecule has 0 aromatic heterocycles. The van der Waals surface area contributed by atoms with Crippen LogP contribution in [0.5, 0.6) is 0 Å². The van der Waals surface area contributed by atoms with Crippen LogP contribution in [-0.2, 0) is 19.2 Å². The first-order valence-electron chi connectivity index (χ1n) is 8.98. The molecule has 1 aliphatic carbocycles. The van der Waals surface area contributed by atoms with Crippen molar-refractivity contribution >= 4 is 11.8 Å². The number of amides is 2. The molecule has 128 valence electrons. The van der Waals surface area contributed by atoms with Gasteiger partial charge >= 0.3 is 0 Å². The Morgan fingerprint density at radius 2 is 1.91 bits per heavy atom. The van der Waals surface area contributed by atoms with Gasteiger partial charge in [0.2, 0.25) is 5.91 Å². The second-order valence-corrected chi connectivity index (χ2v) is 7.64. The monoisotopic (exact) mass is 322 g/mol. The first-order chi connectivity index (χ1) is 11.1. The second-order valence-electron chi connectivity index (χ2n) is 7.64. The van der Waals surface area contributed by atoms with E-state index in [9.17, 15) is 9.59 Å². The van der Waals surface area contributed by atoms with Crippen molar-refractivity contribution in [2.24, 2.45) is 23.7 Å². The van der Waals surface area contributed by atoms with Crippen LogP contribution in [0, 0.1) is 23.7 Å². The Morgan fingerprint density at radius 3 is 2.61 bits per heavy atom. The van der Waals surface area contributed by atoms with Crippen molar-refractivity contribution in [3.8, 4) is 0 Å². The van der Waals surface area contributed by atoms with Crippen molar-refractivity contribution in [2.45, 2.75) is 38.7 Å². The van der Waals surface area contributed by atoms with Gasteiger partial charge in [0.1, 0.15) is 0 Å². The molecule has 0 spiro atoms. The molecule has 0 unspecified atom stereocenters. The molecule has 0 radical (unpaired) electrons. The van der Waals surface area contributed by atoms with Gasteiger partial charge in [-0.25, -0.2) is 5.06 Å². The summed E-state index contributed by atoms with van der Waals surface area (Å²) in [7, 11) is 0. The van der Waals surface area contributed by atoms with Crippen molar-refractivity contribution in [1.29, 1.82) is 0 Å². The third kappa shape index (κ3) is 2.76. The predicted octanol–water partition coefficient (Wildman–Crippen LogP) is 1.06. The number of hydrogen-bond donors (Lipinski definition) is 0. The number of rotatable bonds is 2. The highest BCUT2D eigenvalue weighted by atomic mass is 16.7. The molecule has 3 saturated heterocycles. The zero-order valence-electron chi connectivity index (χ0n) is 13.8. The molecule has 0 N–H and O–H groups in total. The summed E-state index contributed by atoms with van der Waals surface area (Å²) in [6, 6.07) is 0. The molecular weight excluding hydrogens is 296 g/mol. The van der Waals surface area contributed by atoms with E-state index < -0.39 is 0 Å². The average Bonchev–Trinajstić information content (AvgIpc) is 3.12. The number of likely N-dealkylation sites (tertiary alicyclic amines) is 1. The van der Waals surface area contributed by atoms with Crippen LogP contribution < -0.4 is 0 Å². The average molecular weight is 322 g/mol. The minimum Gasteiger partial charge on any atom is -0.375 e. The van der Waals surface area contributed by atoms with Crippen LogP contribution in [-0.4, -0.2) is 60.7 Å². The Hall–Kier alpha value is -1.14. The summed E-state index contributed by atoms with van der Waals surface area (Å²) in [5, 5.41) is 1.53. The Bertz CT molecular complexity index is 485. The first kappa shape index (κ1) is 15.4. The van der Waals surface area contributed by atoms with Gasteiger partial charge in [0.15, 0.2) is 0 Å². The van der Waals surface area contributed by atoms with Crippen molar-refractivity contribution < 1.29 is 19.2 Å². The summed E-state index contributed by atoms with van der Waals surface area (Å²) in [5.74, 6) is 1.16. The predicted molar refractivity (Wildman–Crippen MR) is 82.1 cm³/mol. The van der Waals surface area contributed by atoms with Crippen LogP contribution in [0.2, 0.25) is 0 Å². The number of hydrogen-bond acceptors (Lipinski definition) is 4. The molecule has 1 saturated carbocycles. The molecule has 0 aromatic carbocycles. The highest BCUT2D eigenvalue weighted by Crippen LogP contribution is 2.39. The number of ether oxygens (including phenoxy) is 1. The van der Waals surface area contributed by atoms with E-state index in [2.05, 4.69) is 6.92 Å². The fraction of sp³-hybridized carbons (Fsp3) is 0.882. The molecule has 6 nitrogen and oxygen atoms in total. The van der Waals surface area contributed by atoms with E-state index in [1.165, 1.54) is 5.06 Å². The van der Waals surface area contributed by atoms with E-state index in [0.717, 1.165) is 25.7 Å². The van der Waals surface area contributed by atoms with Crippen LogP contribution in [0.25, 0.3) is 0 Å². The molecule has 0 bridgehead atoms. The minimum atomic E-state index is -0.156. The van der Waals surface area contributed by atoms with Gasteiger partial charge in [0, 0.05) is 31.5 Å². The highest BCUT2D eigenvalue weighted by Gasteiger charge is 2.50. The fourth-order valence-electron chi connectivity index (χ4n) is 4.46. The fourth-order valence-corrected chi connectivity index (χ4v) is 4.46. The number of fused-ring (bicyclic) bond motifs is 1. The van der Waals surface area contributed by atoms with E-state index >= 15 is 0 Å². The normalized spacial score (nSPS) is 40.0. The van der Waals surface area contributed by atoms with Crippen LogP contribution in [0.4, 0.5) is 0 Å². The highest BCUT2D eigenvalue weighted by molar-refractivity contribution is 5.81. The van der Waals surface area contributed by atoms with Gasteiger partial charge in [-0.1, -0.05) is 6.92 Å². The lowest BCUT2D eigenvalue weighted by Crippen LogP contribution is -2.44. The summed E-state index contributed by atoms with van der Waals surface area (Å²) in [6.45, 7) is 5.28. The molecule has 23 heavy (non-hydrogen) atoms. The van der Waals surface area contributed by atoms with Crippen molar-refractivity contribution in [3.05, 3.63) is 0 Å². The summed E-state index contributed by atoms with van der Waals surface area (Å²) < 4.78 is 5.84. The van der Waals surface area contributed by atoms with E-state index in [-0.39, 0.29) is 35.7 Å². The molecule has 3 atom stereocenters. The van der Waals surface area contributed by atoms with Gasteiger partial charge in [0.25, 0.3) is 5.91 Å². The molecule has 2 amide bonds. The van der Waals surface area contributed by atoms with E-state index in [0.29, 0.717) is 38.8 Å². The molecule has 3 aliphatic heterocycles. The van der Waals surface area contributed by atoms with Gasteiger partial charge in [-0.15, -0.1) is 0 Å². The lowest BCUT2D eigenvalue weighted by atomic mass is 9.75. The topological polar surface area (TPSA) is 59.1 Å². The minimum absolute atomic E-state index is 0.0233. The van der Waals surface area contributed by atoms with Gasteiger partial charge in [0.05, 0.1) is 25.2 Å². The van der Waals surface area contributed by atoms with Crippen molar-refractivity contribution in [1.82, 2.24) is 9.96 Å². The molecule has 0 aromatic rings. The van der Waals surface area contributed by atoms with Crippen molar-refractivity contribution in [2.75, 3.05) is 32.8 Å². The maximum atomic E-state index is 12.7. The number of hydroxylamine groups is 2. The van der Waals surface area contributed by atoms with Crippen molar-refractivity contribution in [3.63, 3.8) is 0 Å². The zero-order chi connectivity index (χ0) is 16.0. The molecule has 4 aliphatic rings. The van der Waals surface area contributed by atoms with E-state index in [1.54, 1.807) is 0 Å². The maximum absolute atomic E-state index is 12.7. The van der Waals surface area contributed by atoms with Crippen LogP contribution in [0.3, 0.4) is 0 Å². The lowest BCUT2D eigenvalue weighted by Gasteiger charge is -2.35. The smallest absolute Gasteiger partial charge is 0.252 e. The van der Waals surface area contributed by atoms with Gasteiger partial charge in [-0.3, -0.25) is 14.4 Å². The van der Waals surface area contributed by atoms with Crippen LogP contribution >= 0.6 is 0 Å². The van der Waals surface area contributed by atoms with Gasteiger partial charge < -0.3 is 9.64 Å². The summed E-state index contributed by atoms with van der Waals surface area (Å²) in [6.07, 6.45) is 4.05. The van der Waals surface area contributed by atoms with Crippen LogP contribution in [0.1, 0.15) is 32.6 Å². The largest absolute Gasteiger partial charge is 0.375 e. The third-order valence-corrected chi connectivity index (χ3v) is 5.92. The second kappa shape index (κ2) is 6.06. The number of nitrogens with zero attached hydrogens (tertiary/aromatic N) is 2. The Labute approximate surface area is 137 Å². The van der Waals surface area contributed by atoms with E-state index in [4.69, 9.17) is 9.57 Å². The summed E-state index contributed by atoms with van der Waals surface area (Å²) in [5.41, 5.74) is 0. The number of carbonyl (C=O) groups excluding carboxylic acids is 2. The molecule has 3 heterocycles. The lowest BCUT2D eigenvalue weighted by molar-refractivity contribution is -0.202. The summed E-state index contributed by atoms with van der Waals surface area (Å²) >= 11 is 0. The van der Waals surface area contributed by atoms with E-state index in [1.807, 2.05) is 4.90 Å². The third-order valence-electron chi connectivity index (χ3n) is 5.92.